The van der Waals surface area contributed by atoms with Crippen LogP contribution in [-0.2, 0) is 6.54 Å². The second-order valence-electron chi connectivity index (χ2n) is 10.8. The molecule has 8 rings (SSSR count). The molecule has 0 saturated heterocycles. The van der Waals surface area contributed by atoms with Crippen molar-refractivity contribution in [2.45, 2.75) is 6.54 Å². The van der Waals surface area contributed by atoms with Crippen LogP contribution in [0.15, 0.2) is 158 Å². The minimum Gasteiger partial charge on any atom is -0.456 e. The molecule has 0 saturated carbocycles. The minimum absolute atomic E-state index is 0.378. The van der Waals surface area contributed by atoms with E-state index < -0.39 is 0 Å². The molecule has 0 atom stereocenters. The van der Waals surface area contributed by atoms with Crippen molar-refractivity contribution in [3.05, 3.63) is 156 Å². The van der Waals surface area contributed by atoms with Crippen molar-refractivity contribution in [3.8, 4) is 11.1 Å². The zero-order chi connectivity index (χ0) is 29.5. The number of benzene rings is 6. The Balaban J connectivity index is 1.23. The van der Waals surface area contributed by atoms with Crippen LogP contribution in [0.4, 0.5) is 0 Å². The summed E-state index contributed by atoms with van der Waals surface area (Å²) >= 11 is 0. The van der Waals surface area contributed by atoms with E-state index in [2.05, 4.69) is 48.5 Å². The topological polar surface area (TPSA) is 77.0 Å². The number of rotatable bonds is 5. The number of nitrogens with zero attached hydrogens (tertiary/aromatic N) is 2. The highest BCUT2D eigenvalue weighted by atomic mass is 16.3. The van der Waals surface area contributed by atoms with Crippen LogP contribution in [0.2, 0.25) is 0 Å². The highest BCUT2D eigenvalue weighted by Crippen LogP contribution is 2.36. The molecule has 0 bridgehead atoms. The Morgan fingerprint density at radius 2 is 1.20 bits per heavy atom. The van der Waals surface area contributed by atoms with Gasteiger partial charge in [-0.2, -0.15) is 0 Å². The number of hydrogen-bond donors (Lipinski definition) is 1. The lowest BCUT2D eigenvalue weighted by molar-refractivity contribution is 0.669. The lowest BCUT2D eigenvalue weighted by Crippen LogP contribution is -2.17. The molecule has 0 radical (unpaired) electrons. The van der Waals surface area contributed by atoms with E-state index in [1.54, 1.807) is 0 Å². The largest absolute Gasteiger partial charge is 0.456 e. The van der Waals surface area contributed by atoms with Gasteiger partial charge in [0.25, 0.3) is 0 Å². The molecular weight excluding hydrogens is 542 g/mol. The molecular formula is C39H27N3O2. The third-order valence-corrected chi connectivity index (χ3v) is 8.00. The Labute approximate surface area is 253 Å². The fourth-order valence-corrected chi connectivity index (χ4v) is 5.83. The van der Waals surface area contributed by atoms with Crippen LogP contribution in [0, 0.1) is 0 Å². The third-order valence-electron chi connectivity index (χ3n) is 8.00. The number of hydrogen-bond acceptors (Lipinski definition) is 3. The molecule has 0 aliphatic heterocycles. The second-order valence-corrected chi connectivity index (χ2v) is 10.8. The van der Waals surface area contributed by atoms with Crippen molar-refractivity contribution >= 4 is 55.5 Å². The Morgan fingerprint density at radius 1 is 0.545 bits per heavy atom. The van der Waals surface area contributed by atoms with Crippen LogP contribution in [-0.4, -0.2) is 11.7 Å². The molecule has 0 aliphatic carbocycles. The predicted molar refractivity (Wildman–Crippen MR) is 180 cm³/mol. The van der Waals surface area contributed by atoms with E-state index in [1.807, 2.05) is 91.0 Å². The summed E-state index contributed by atoms with van der Waals surface area (Å²) in [5, 5.41) is 4.12. The van der Waals surface area contributed by atoms with Crippen molar-refractivity contribution in [2.75, 3.05) is 0 Å². The van der Waals surface area contributed by atoms with Gasteiger partial charge in [-0.3, -0.25) is 4.99 Å². The molecule has 2 N–H and O–H groups in total. The maximum Gasteiger partial charge on any atom is 0.157 e. The van der Waals surface area contributed by atoms with Crippen LogP contribution in [0.1, 0.15) is 16.7 Å². The zero-order valence-corrected chi connectivity index (χ0v) is 23.8. The molecule has 44 heavy (non-hydrogen) atoms. The number of para-hydroxylation sites is 1. The molecule has 8 aromatic rings. The summed E-state index contributed by atoms with van der Waals surface area (Å²) in [7, 11) is 0. The summed E-state index contributed by atoms with van der Waals surface area (Å²) in [6.07, 6.45) is 0. The first kappa shape index (κ1) is 25.7. The van der Waals surface area contributed by atoms with Crippen molar-refractivity contribution in [3.63, 3.8) is 0 Å². The smallest absolute Gasteiger partial charge is 0.157 e. The number of aliphatic imine (C=N–C) groups is 2. The number of amidine groups is 2. The van der Waals surface area contributed by atoms with E-state index in [9.17, 15) is 0 Å². The van der Waals surface area contributed by atoms with Crippen molar-refractivity contribution in [1.82, 2.24) is 0 Å². The first-order valence-corrected chi connectivity index (χ1v) is 14.6. The van der Waals surface area contributed by atoms with Crippen LogP contribution in [0.3, 0.4) is 0 Å². The molecule has 0 unspecified atom stereocenters. The van der Waals surface area contributed by atoms with Gasteiger partial charge in [0.05, 0.1) is 6.54 Å². The van der Waals surface area contributed by atoms with E-state index in [-0.39, 0.29) is 0 Å². The standard InChI is InChI=1S/C39H27N3O2/c40-38(42-39(26-12-5-2-6-13-26)41-24-25-10-3-1-4-11-25)31-15-9-17-35-37(31)32-22-27(19-21-34(32)43-35)28-18-20-30-29-14-7-8-16-33(29)44-36(30)23-28/h1-23H,24H2,(H2,40,41,42). The fraction of sp³-hybridized carbons (Fsp3) is 0.0256. The molecule has 2 heterocycles. The van der Waals surface area contributed by atoms with E-state index in [0.29, 0.717) is 18.2 Å². The SMILES string of the molecule is NC(=NC(=NCc1ccccc1)c1ccccc1)c1cccc2oc3ccc(-c4ccc5c(c4)oc4ccccc45)cc3c12. The van der Waals surface area contributed by atoms with E-state index in [4.69, 9.17) is 24.6 Å². The van der Waals surface area contributed by atoms with Gasteiger partial charge in [0.15, 0.2) is 5.84 Å². The normalized spacial score (nSPS) is 12.5. The summed E-state index contributed by atoms with van der Waals surface area (Å²) in [5.41, 5.74) is 15.0. The van der Waals surface area contributed by atoms with Gasteiger partial charge in [0, 0.05) is 32.7 Å². The zero-order valence-electron chi connectivity index (χ0n) is 23.8. The van der Waals surface area contributed by atoms with Gasteiger partial charge in [-0.15, -0.1) is 0 Å². The molecule has 5 heteroatoms. The molecule has 6 aromatic carbocycles. The van der Waals surface area contributed by atoms with Crippen LogP contribution < -0.4 is 5.73 Å². The number of furan rings is 2. The van der Waals surface area contributed by atoms with Crippen LogP contribution in [0.25, 0.3) is 55.0 Å². The molecule has 210 valence electrons. The van der Waals surface area contributed by atoms with Crippen LogP contribution >= 0.6 is 0 Å². The van der Waals surface area contributed by atoms with E-state index in [1.165, 1.54) is 0 Å². The minimum atomic E-state index is 0.378. The Hall–Kier alpha value is -5.94. The summed E-state index contributed by atoms with van der Waals surface area (Å²) in [6, 6.07) is 46.7. The first-order chi connectivity index (χ1) is 21.7. The van der Waals surface area contributed by atoms with Gasteiger partial charge in [-0.25, -0.2) is 4.99 Å². The lowest BCUT2D eigenvalue weighted by atomic mass is 9.99. The Bertz CT molecular complexity index is 2360. The molecule has 2 aromatic heterocycles. The maximum absolute atomic E-state index is 6.78. The van der Waals surface area contributed by atoms with Gasteiger partial charge in [0.2, 0.25) is 0 Å². The quantitative estimate of drug-likeness (QED) is 0.166. The van der Waals surface area contributed by atoms with Gasteiger partial charge in [-0.05, 0) is 53.1 Å². The fourth-order valence-electron chi connectivity index (χ4n) is 5.83. The van der Waals surface area contributed by atoms with Gasteiger partial charge < -0.3 is 14.6 Å². The number of nitrogens with two attached hydrogens (primary N) is 1. The van der Waals surface area contributed by atoms with E-state index in [0.717, 1.165) is 71.7 Å². The second kappa shape index (κ2) is 10.7. The molecule has 0 fully saturated rings. The lowest BCUT2D eigenvalue weighted by Gasteiger charge is -2.07. The average molecular weight is 570 g/mol. The van der Waals surface area contributed by atoms with Crippen molar-refractivity contribution in [1.29, 1.82) is 0 Å². The summed E-state index contributed by atoms with van der Waals surface area (Å²) in [5.74, 6) is 0.958. The van der Waals surface area contributed by atoms with Gasteiger partial charge in [0.1, 0.15) is 28.2 Å². The highest BCUT2D eigenvalue weighted by molar-refractivity contribution is 6.21. The predicted octanol–water partition coefficient (Wildman–Crippen LogP) is 9.50. The van der Waals surface area contributed by atoms with E-state index >= 15 is 0 Å². The molecule has 5 nitrogen and oxygen atoms in total. The average Bonchev–Trinajstić information content (AvgIpc) is 3.65. The molecule has 0 amide bonds. The summed E-state index contributed by atoms with van der Waals surface area (Å²) < 4.78 is 12.4. The molecule has 0 spiro atoms. The Morgan fingerprint density at radius 3 is 2.07 bits per heavy atom. The molecule has 0 aliphatic rings. The summed E-state index contributed by atoms with van der Waals surface area (Å²) in [4.78, 5) is 9.77. The third kappa shape index (κ3) is 4.61. The maximum atomic E-state index is 6.78. The van der Waals surface area contributed by atoms with Gasteiger partial charge >= 0.3 is 0 Å². The van der Waals surface area contributed by atoms with Crippen LogP contribution in [0.5, 0.6) is 0 Å². The first-order valence-electron chi connectivity index (χ1n) is 14.6. The van der Waals surface area contributed by atoms with Gasteiger partial charge in [-0.1, -0.05) is 103 Å². The Kier molecular flexibility index (Phi) is 6.27. The summed E-state index contributed by atoms with van der Waals surface area (Å²) in [6.45, 7) is 0.500. The van der Waals surface area contributed by atoms with Crippen molar-refractivity contribution < 1.29 is 8.83 Å². The number of fused-ring (bicyclic) bond motifs is 6. The van der Waals surface area contributed by atoms with Crippen molar-refractivity contribution in [2.24, 2.45) is 15.7 Å². The highest BCUT2D eigenvalue weighted by Gasteiger charge is 2.16. The monoisotopic (exact) mass is 569 g/mol.